The number of carbonyl (C=O) groups excluding carboxylic acids is 3. The molecule has 0 spiro atoms. The minimum absolute atomic E-state index is 0.172. The molecule has 11 heteroatoms. The maximum atomic E-state index is 13.6. The van der Waals surface area contributed by atoms with E-state index in [-0.39, 0.29) is 24.9 Å². The molecule has 39 heavy (non-hydrogen) atoms. The lowest BCUT2D eigenvalue weighted by molar-refractivity contribution is -0.144. The Morgan fingerprint density at radius 3 is 2.44 bits per heavy atom. The number of amides is 4. The van der Waals surface area contributed by atoms with Gasteiger partial charge < -0.3 is 24.6 Å². The van der Waals surface area contributed by atoms with Crippen molar-refractivity contribution in [3.8, 4) is 5.75 Å². The molecule has 2 aliphatic heterocycles. The number of hydroxylamine groups is 1. The number of benzene rings is 1. The lowest BCUT2D eigenvalue weighted by Gasteiger charge is -2.30. The summed E-state index contributed by atoms with van der Waals surface area (Å²) in [6, 6.07) is 10.3. The van der Waals surface area contributed by atoms with E-state index in [9.17, 15) is 19.6 Å². The average molecular weight is 540 g/mol. The predicted octanol–water partition coefficient (Wildman–Crippen LogP) is 2.07. The van der Waals surface area contributed by atoms with E-state index in [1.54, 1.807) is 10.4 Å². The van der Waals surface area contributed by atoms with Gasteiger partial charge in [-0.25, -0.2) is 10.3 Å². The fraction of sp³-hybridized carbons (Fsp3) is 0.500. The Balaban J connectivity index is 1.37. The molecular formula is C28H37N5O6. The minimum Gasteiger partial charge on any atom is -0.489 e. The number of rotatable bonds is 9. The second kappa shape index (κ2) is 12.4. The number of nitrogens with zero attached hydrogens (tertiary/aromatic N) is 3. The van der Waals surface area contributed by atoms with Crippen LogP contribution in [0.5, 0.6) is 5.75 Å². The monoisotopic (exact) mass is 539 g/mol. The van der Waals surface area contributed by atoms with Crippen LogP contribution in [0.15, 0.2) is 36.4 Å². The van der Waals surface area contributed by atoms with Gasteiger partial charge in [0.1, 0.15) is 18.4 Å². The summed E-state index contributed by atoms with van der Waals surface area (Å²) in [6.07, 6.45) is 0.683. The van der Waals surface area contributed by atoms with Crippen molar-refractivity contribution in [1.29, 1.82) is 0 Å². The van der Waals surface area contributed by atoms with Crippen molar-refractivity contribution < 1.29 is 29.1 Å². The van der Waals surface area contributed by atoms with E-state index in [2.05, 4.69) is 10.3 Å². The summed E-state index contributed by atoms with van der Waals surface area (Å²) in [5.41, 5.74) is 4.58. The Kier molecular flexibility index (Phi) is 9.03. The van der Waals surface area contributed by atoms with Gasteiger partial charge in [-0.1, -0.05) is 12.1 Å². The number of ether oxygens (including phenoxy) is 2. The number of urea groups is 1. The second-order valence-electron chi connectivity index (χ2n) is 10.3. The highest BCUT2D eigenvalue weighted by Gasteiger charge is 2.47. The fourth-order valence-electron chi connectivity index (χ4n) is 5.22. The van der Waals surface area contributed by atoms with Crippen LogP contribution in [0, 0.1) is 13.8 Å². The molecular weight excluding hydrogens is 502 g/mol. The topological polar surface area (TPSA) is 133 Å². The third-order valence-electron chi connectivity index (χ3n) is 7.41. The normalized spacial score (nSPS) is 20.1. The average Bonchev–Trinajstić information content (AvgIpc) is 3.24. The zero-order chi connectivity index (χ0) is 28.0. The van der Waals surface area contributed by atoms with E-state index in [4.69, 9.17) is 9.47 Å². The Hall–Kier alpha value is -3.70. The molecule has 210 valence electrons. The van der Waals surface area contributed by atoms with Crippen LogP contribution in [0.3, 0.4) is 0 Å². The quantitative estimate of drug-likeness (QED) is 0.328. The molecule has 4 rings (SSSR count). The smallest absolute Gasteiger partial charge is 0.317 e. The Bertz CT molecular complexity index is 1160. The maximum Gasteiger partial charge on any atom is 0.317 e. The summed E-state index contributed by atoms with van der Waals surface area (Å²) in [5, 5.41) is 12.1. The molecule has 3 heterocycles. The van der Waals surface area contributed by atoms with Gasteiger partial charge in [0, 0.05) is 37.6 Å². The summed E-state index contributed by atoms with van der Waals surface area (Å²) < 4.78 is 11.2. The molecule has 2 saturated heterocycles. The second-order valence-corrected chi connectivity index (χ2v) is 10.3. The van der Waals surface area contributed by atoms with Crippen LogP contribution in [0.25, 0.3) is 0 Å². The van der Waals surface area contributed by atoms with Gasteiger partial charge in [-0.2, -0.15) is 0 Å². The SMILES string of the molecule is Cc1cc(COc2ccc(C3(C)CCN(C(CCNC(=O)N4CCOCC4)C(=O)NO)C3=O)cc2)cc(C)n1. The van der Waals surface area contributed by atoms with Crippen LogP contribution in [-0.4, -0.2) is 83.3 Å². The number of nitrogens with one attached hydrogen (secondary N) is 2. The fourth-order valence-corrected chi connectivity index (χ4v) is 5.22. The van der Waals surface area contributed by atoms with Gasteiger partial charge in [0.15, 0.2) is 0 Å². The van der Waals surface area contributed by atoms with Crippen LogP contribution >= 0.6 is 0 Å². The van der Waals surface area contributed by atoms with Gasteiger partial charge in [0.25, 0.3) is 5.91 Å². The van der Waals surface area contributed by atoms with Gasteiger partial charge in [-0.05, 0) is 69.0 Å². The van der Waals surface area contributed by atoms with Crippen LogP contribution in [0.4, 0.5) is 4.79 Å². The summed E-state index contributed by atoms with van der Waals surface area (Å²) >= 11 is 0. The number of hydrogen-bond donors (Lipinski definition) is 3. The lowest BCUT2D eigenvalue weighted by atomic mass is 9.81. The van der Waals surface area contributed by atoms with Gasteiger partial charge in [-0.15, -0.1) is 0 Å². The largest absolute Gasteiger partial charge is 0.489 e. The molecule has 2 aromatic rings. The first kappa shape index (κ1) is 28.3. The highest BCUT2D eigenvalue weighted by atomic mass is 16.5. The van der Waals surface area contributed by atoms with Crippen LogP contribution in [0.2, 0.25) is 0 Å². The van der Waals surface area contributed by atoms with Crippen molar-refractivity contribution in [1.82, 2.24) is 25.6 Å². The first-order chi connectivity index (χ1) is 18.7. The molecule has 2 unspecified atom stereocenters. The number of likely N-dealkylation sites (tertiary alicyclic amines) is 1. The Morgan fingerprint density at radius 1 is 1.13 bits per heavy atom. The summed E-state index contributed by atoms with van der Waals surface area (Å²) in [7, 11) is 0. The van der Waals surface area contributed by atoms with Crippen LogP contribution in [0.1, 0.15) is 42.3 Å². The zero-order valence-electron chi connectivity index (χ0n) is 22.7. The molecule has 0 aliphatic carbocycles. The molecule has 1 aromatic heterocycles. The molecule has 2 fully saturated rings. The van der Waals surface area contributed by atoms with Gasteiger partial charge >= 0.3 is 6.03 Å². The summed E-state index contributed by atoms with van der Waals surface area (Å²) in [5.74, 6) is -0.198. The third kappa shape index (κ3) is 6.66. The molecule has 2 atom stereocenters. The number of morpholine rings is 1. The van der Waals surface area contributed by atoms with Crippen molar-refractivity contribution in [2.45, 2.75) is 51.7 Å². The summed E-state index contributed by atoms with van der Waals surface area (Å²) in [4.78, 5) is 46.1. The zero-order valence-corrected chi connectivity index (χ0v) is 22.7. The first-order valence-electron chi connectivity index (χ1n) is 13.2. The predicted molar refractivity (Wildman–Crippen MR) is 142 cm³/mol. The molecule has 1 aromatic carbocycles. The van der Waals surface area contributed by atoms with E-state index in [0.29, 0.717) is 51.6 Å². The standard InChI is InChI=1S/C28H37N5O6/c1-19-16-21(17-20(2)30-19)18-39-23-6-4-22(5-7-23)28(3)9-11-33(26(28)35)24(25(34)31-37)8-10-29-27(36)32-12-14-38-15-13-32/h4-7,16-17,24,37H,8-15,18H2,1-3H3,(H,29,36)(H,31,34). The first-order valence-corrected chi connectivity index (χ1v) is 13.2. The van der Waals surface area contributed by atoms with Crippen molar-refractivity contribution >= 4 is 17.8 Å². The maximum absolute atomic E-state index is 13.6. The number of aryl methyl sites for hydroxylation is 2. The third-order valence-corrected chi connectivity index (χ3v) is 7.41. The van der Waals surface area contributed by atoms with E-state index in [1.165, 1.54) is 4.90 Å². The number of hydrogen-bond acceptors (Lipinski definition) is 7. The molecule has 0 radical (unpaired) electrons. The molecule has 11 nitrogen and oxygen atoms in total. The molecule has 0 saturated carbocycles. The van der Waals surface area contributed by atoms with Gasteiger partial charge in [0.2, 0.25) is 5.91 Å². The van der Waals surface area contributed by atoms with Gasteiger partial charge in [-0.3, -0.25) is 19.8 Å². The minimum atomic E-state index is -0.913. The van der Waals surface area contributed by atoms with Crippen LogP contribution in [-0.2, 0) is 26.3 Å². The van der Waals surface area contributed by atoms with E-state index >= 15 is 0 Å². The number of aromatic nitrogens is 1. The van der Waals surface area contributed by atoms with E-state index in [0.717, 1.165) is 22.5 Å². The number of pyridine rings is 1. The van der Waals surface area contributed by atoms with E-state index < -0.39 is 17.4 Å². The van der Waals surface area contributed by atoms with E-state index in [1.807, 2.05) is 57.2 Å². The Labute approximate surface area is 228 Å². The van der Waals surface area contributed by atoms with Crippen molar-refractivity contribution in [3.05, 3.63) is 58.9 Å². The van der Waals surface area contributed by atoms with Crippen molar-refractivity contribution in [3.63, 3.8) is 0 Å². The highest BCUT2D eigenvalue weighted by Crippen LogP contribution is 2.37. The lowest BCUT2D eigenvalue weighted by Crippen LogP contribution is -2.51. The highest BCUT2D eigenvalue weighted by molar-refractivity contribution is 5.94. The molecule has 4 amide bonds. The molecule has 3 N–H and O–H groups in total. The summed E-state index contributed by atoms with van der Waals surface area (Å²) in [6.45, 7) is 8.68. The Morgan fingerprint density at radius 2 is 1.79 bits per heavy atom. The van der Waals surface area contributed by atoms with Crippen LogP contribution < -0.4 is 15.5 Å². The molecule has 0 bridgehead atoms. The van der Waals surface area contributed by atoms with Crippen molar-refractivity contribution in [2.24, 2.45) is 0 Å². The molecule has 2 aliphatic rings. The number of carbonyl (C=O) groups is 3. The van der Waals surface area contributed by atoms with Crippen molar-refractivity contribution in [2.75, 3.05) is 39.4 Å². The van der Waals surface area contributed by atoms with Gasteiger partial charge in [0.05, 0.1) is 18.6 Å².